The standard InChI is InChI=1S/C13H4Cl3F6N/c14-5-3-7(15)9(8(16)4-5)6-1-2-23-11(13(20,21)22)10(6)12(17,18)19/h1-4H. The fourth-order valence-corrected chi connectivity index (χ4v) is 2.99. The summed E-state index contributed by atoms with van der Waals surface area (Å²) >= 11 is 17.3. The predicted octanol–water partition coefficient (Wildman–Crippen LogP) is 6.75. The molecule has 1 nitrogen and oxygen atoms in total. The lowest BCUT2D eigenvalue weighted by atomic mass is 9.98. The van der Waals surface area contributed by atoms with Gasteiger partial charge in [-0.2, -0.15) is 26.3 Å². The average Bonchev–Trinajstić information content (AvgIpc) is 2.34. The molecule has 0 atom stereocenters. The highest BCUT2D eigenvalue weighted by Crippen LogP contribution is 2.47. The lowest BCUT2D eigenvalue weighted by Crippen LogP contribution is -2.19. The second kappa shape index (κ2) is 6.03. The maximum Gasteiger partial charge on any atom is 0.433 e. The molecule has 0 aliphatic rings. The van der Waals surface area contributed by atoms with E-state index in [1.54, 1.807) is 0 Å². The molecule has 0 saturated carbocycles. The molecule has 0 unspecified atom stereocenters. The Morgan fingerprint density at radius 3 is 1.78 bits per heavy atom. The second-order valence-electron chi connectivity index (χ2n) is 4.32. The first-order chi connectivity index (χ1) is 10.4. The summed E-state index contributed by atoms with van der Waals surface area (Å²) in [6.45, 7) is 0. The van der Waals surface area contributed by atoms with E-state index in [-0.39, 0.29) is 15.1 Å². The minimum atomic E-state index is -5.32. The molecule has 0 radical (unpaired) electrons. The van der Waals surface area contributed by atoms with Crippen molar-refractivity contribution in [3.8, 4) is 11.1 Å². The van der Waals surface area contributed by atoms with Gasteiger partial charge in [0.15, 0.2) is 5.69 Å². The maximum absolute atomic E-state index is 13.2. The maximum atomic E-state index is 13.2. The monoisotopic (exact) mass is 393 g/mol. The Morgan fingerprint density at radius 2 is 1.35 bits per heavy atom. The third kappa shape index (κ3) is 3.67. The predicted molar refractivity (Wildman–Crippen MR) is 74.7 cm³/mol. The van der Waals surface area contributed by atoms with Gasteiger partial charge in [0.25, 0.3) is 0 Å². The summed E-state index contributed by atoms with van der Waals surface area (Å²) in [5.41, 5.74) is -5.26. The van der Waals surface area contributed by atoms with E-state index in [9.17, 15) is 26.3 Å². The largest absolute Gasteiger partial charge is 0.433 e. The molecule has 124 valence electrons. The third-order valence-electron chi connectivity index (χ3n) is 2.78. The fourth-order valence-electron chi connectivity index (χ4n) is 1.97. The van der Waals surface area contributed by atoms with E-state index < -0.39 is 34.7 Å². The van der Waals surface area contributed by atoms with Gasteiger partial charge in [0.05, 0.1) is 15.6 Å². The van der Waals surface area contributed by atoms with Crippen LogP contribution in [0.25, 0.3) is 11.1 Å². The Kier molecular flexibility index (Phi) is 4.76. The van der Waals surface area contributed by atoms with Gasteiger partial charge in [0, 0.05) is 22.3 Å². The smallest absolute Gasteiger partial charge is 0.251 e. The molecule has 0 amide bonds. The highest BCUT2D eigenvalue weighted by molar-refractivity contribution is 6.41. The van der Waals surface area contributed by atoms with Gasteiger partial charge in [-0.15, -0.1) is 0 Å². The lowest BCUT2D eigenvalue weighted by molar-refractivity contribution is -0.164. The minimum Gasteiger partial charge on any atom is -0.251 e. The number of rotatable bonds is 1. The zero-order valence-corrected chi connectivity index (χ0v) is 12.9. The number of hydrogen-bond acceptors (Lipinski definition) is 1. The van der Waals surface area contributed by atoms with Crippen LogP contribution in [0.1, 0.15) is 11.3 Å². The molecule has 10 heteroatoms. The summed E-state index contributed by atoms with van der Waals surface area (Å²) in [6, 6.07) is 2.93. The molecule has 0 saturated heterocycles. The topological polar surface area (TPSA) is 12.9 Å². The zero-order chi connectivity index (χ0) is 17.6. The summed E-state index contributed by atoms with van der Waals surface area (Å²) < 4.78 is 78.3. The number of halogens is 9. The Balaban J connectivity index is 2.90. The van der Waals surface area contributed by atoms with Gasteiger partial charge in [0.2, 0.25) is 0 Å². The first-order valence-electron chi connectivity index (χ1n) is 5.71. The van der Waals surface area contributed by atoms with E-state index in [2.05, 4.69) is 4.98 Å². The van der Waals surface area contributed by atoms with Crippen molar-refractivity contribution in [2.45, 2.75) is 12.4 Å². The van der Waals surface area contributed by atoms with Crippen LogP contribution in [0.3, 0.4) is 0 Å². The molecule has 1 aromatic heterocycles. The Morgan fingerprint density at radius 1 is 0.826 bits per heavy atom. The van der Waals surface area contributed by atoms with E-state index in [0.29, 0.717) is 6.20 Å². The number of alkyl halides is 6. The molecule has 2 rings (SSSR count). The average molecular weight is 395 g/mol. The Hall–Kier alpha value is -1.18. The Labute approximate surface area is 140 Å². The van der Waals surface area contributed by atoms with Crippen molar-refractivity contribution in [3.63, 3.8) is 0 Å². The molecule has 0 bridgehead atoms. The minimum absolute atomic E-state index is 0.0300. The molecule has 2 aromatic rings. The van der Waals surface area contributed by atoms with E-state index in [1.807, 2.05) is 0 Å². The van der Waals surface area contributed by atoms with Crippen LogP contribution in [0.2, 0.25) is 15.1 Å². The van der Waals surface area contributed by atoms with Gasteiger partial charge >= 0.3 is 12.4 Å². The van der Waals surface area contributed by atoms with Crippen LogP contribution in [0, 0.1) is 0 Å². The molecule has 1 heterocycles. The van der Waals surface area contributed by atoms with Crippen LogP contribution in [-0.2, 0) is 12.4 Å². The van der Waals surface area contributed by atoms with Crippen LogP contribution in [0.15, 0.2) is 24.4 Å². The number of nitrogens with zero attached hydrogens (tertiary/aromatic N) is 1. The van der Waals surface area contributed by atoms with Crippen LogP contribution in [0.5, 0.6) is 0 Å². The molecule has 0 aliphatic carbocycles. The SMILES string of the molecule is FC(F)(F)c1nccc(-c2c(Cl)cc(Cl)cc2Cl)c1C(F)(F)F. The van der Waals surface area contributed by atoms with Gasteiger partial charge < -0.3 is 0 Å². The fraction of sp³-hybridized carbons (Fsp3) is 0.154. The highest BCUT2D eigenvalue weighted by Gasteiger charge is 2.46. The van der Waals surface area contributed by atoms with Crippen LogP contribution in [-0.4, -0.2) is 4.98 Å². The summed E-state index contributed by atoms with van der Waals surface area (Å²) in [5, 5.41) is -0.595. The van der Waals surface area contributed by atoms with Crippen molar-refractivity contribution in [1.29, 1.82) is 0 Å². The molecule has 0 spiro atoms. The third-order valence-corrected chi connectivity index (χ3v) is 3.59. The van der Waals surface area contributed by atoms with Crippen molar-refractivity contribution in [2.75, 3.05) is 0 Å². The second-order valence-corrected chi connectivity index (χ2v) is 5.57. The van der Waals surface area contributed by atoms with Gasteiger partial charge in [0.1, 0.15) is 0 Å². The van der Waals surface area contributed by atoms with Gasteiger partial charge in [-0.25, -0.2) is 0 Å². The first-order valence-corrected chi connectivity index (χ1v) is 6.84. The lowest BCUT2D eigenvalue weighted by Gasteiger charge is -2.19. The molecular formula is C13H4Cl3F6N. The van der Waals surface area contributed by atoms with Gasteiger partial charge in [-0.1, -0.05) is 34.8 Å². The van der Waals surface area contributed by atoms with Gasteiger partial charge in [-0.3, -0.25) is 4.98 Å². The number of pyridine rings is 1. The molecule has 1 aromatic carbocycles. The van der Waals surface area contributed by atoms with E-state index >= 15 is 0 Å². The van der Waals surface area contributed by atoms with Crippen LogP contribution < -0.4 is 0 Å². The molecule has 0 N–H and O–H groups in total. The summed E-state index contributed by atoms with van der Waals surface area (Å²) in [6.07, 6.45) is -10.0. The van der Waals surface area contributed by atoms with Gasteiger partial charge in [-0.05, 0) is 18.2 Å². The number of benzene rings is 1. The number of aromatic nitrogens is 1. The quantitative estimate of drug-likeness (QED) is 0.488. The molecular weight excluding hydrogens is 390 g/mol. The van der Waals surface area contributed by atoms with Crippen LogP contribution in [0.4, 0.5) is 26.3 Å². The Bertz CT molecular complexity index is 731. The molecule has 0 fully saturated rings. The summed E-state index contributed by atoms with van der Waals surface area (Å²) in [7, 11) is 0. The first kappa shape index (κ1) is 18.2. The van der Waals surface area contributed by atoms with Crippen molar-refractivity contribution >= 4 is 34.8 Å². The van der Waals surface area contributed by atoms with Crippen molar-refractivity contribution in [1.82, 2.24) is 4.98 Å². The van der Waals surface area contributed by atoms with Crippen molar-refractivity contribution in [3.05, 3.63) is 50.7 Å². The molecule has 23 heavy (non-hydrogen) atoms. The van der Waals surface area contributed by atoms with Crippen LogP contribution >= 0.6 is 34.8 Å². The summed E-state index contributed by atoms with van der Waals surface area (Å²) in [5.74, 6) is 0. The molecule has 0 aliphatic heterocycles. The summed E-state index contributed by atoms with van der Waals surface area (Å²) in [4.78, 5) is 2.82. The van der Waals surface area contributed by atoms with Crippen molar-refractivity contribution < 1.29 is 26.3 Å². The highest BCUT2D eigenvalue weighted by atomic mass is 35.5. The zero-order valence-electron chi connectivity index (χ0n) is 10.7. The normalized spacial score (nSPS) is 12.6. The van der Waals surface area contributed by atoms with Crippen molar-refractivity contribution in [2.24, 2.45) is 0 Å². The number of hydrogen-bond donors (Lipinski definition) is 0. The van der Waals surface area contributed by atoms with E-state index in [4.69, 9.17) is 34.8 Å². The van der Waals surface area contributed by atoms with E-state index in [1.165, 1.54) is 0 Å². The van der Waals surface area contributed by atoms with E-state index in [0.717, 1.165) is 18.2 Å².